The van der Waals surface area contributed by atoms with E-state index in [0.29, 0.717) is 56.4 Å². The first-order valence-corrected chi connectivity index (χ1v) is 11.6. The Hall–Kier alpha value is -3.55. The summed E-state index contributed by atoms with van der Waals surface area (Å²) < 4.78 is 10.6. The number of hydrogen-bond acceptors (Lipinski definition) is 5. The molecule has 4 rings (SSSR count). The lowest BCUT2D eigenvalue weighted by molar-refractivity contribution is -0.121. The zero-order chi connectivity index (χ0) is 24.3. The van der Waals surface area contributed by atoms with Crippen LogP contribution in [0.25, 0.3) is 0 Å². The van der Waals surface area contributed by atoms with Crippen LogP contribution >= 0.6 is 0 Å². The van der Waals surface area contributed by atoms with Crippen molar-refractivity contribution in [3.8, 4) is 11.5 Å². The number of anilines is 1. The molecule has 3 amide bonds. The fourth-order valence-electron chi connectivity index (χ4n) is 4.92. The SMILES string of the molecule is COc1ccc(CCNC(=O)CCCN2C(=O)c3ccccc3N3C(=O)CCC23C)c(OC)c1. The number of nitrogens with one attached hydrogen (secondary N) is 1. The molecule has 8 nitrogen and oxygen atoms in total. The first-order chi connectivity index (χ1) is 16.4. The van der Waals surface area contributed by atoms with Crippen LogP contribution < -0.4 is 19.7 Å². The van der Waals surface area contributed by atoms with Crippen LogP contribution in [0.1, 0.15) is 48.5 Å². The molecule has 8 heteroatoms. The fraction of sp³-hybridized carbons (Fsp3) is 0.423. The van der Waals surface area contributed by atoms with Crippen LogP contribution in [0.3, 0.4) is 0 Å². The number of amides is 3. The third-order valence-corrected chi connectivity index (χ3v) is 6.74. The molecule has 0 saturated carbocycles. The van der Waals surface area contributed by atoms with Gasteiger partial charge < -0.3 is 19.7 Å². The number of carbonyl (C=O) groups excluding carboxylic acids is 3. The highest BCUT2D eigenvalue weighted by Crippen LogP contribution is 2.44. The second-order valence-electron chi connectivity index (χ2n) is 8.80. The molecule has 2 aliphatic rings. The molecule has 0 spiro atoms. The molecule has 1 unspecified atom stereocenters. The maximum Gasteiger partial charge on any atom is 0.257 e. The normalized spacial score (nSPS) is 19.0. The van der Waals surface area contributed by atoms with Gasteiger partial charge >= 0.3 is 0 Å². The minimum absolute atomic E-state index is 0.0270. The van der Waals surface area contributed by atoms with Gasteiger partial charge in [0.2, 0.25) is 11.8 Å². The van der Waals surface area contributed by atoms with Gasteiger partial charge in [0.05, 0.1) is 25.5 Å². The Kier molecular flexibility index (Phi) is 6.77. The molecule has 0 radical (unpaired) electrons. The summed E-state index contributed by atoms with van der Waals surface area (Å²) in [6.45, 7) is 2.83. The number of methoxy groups -OCH3 is 2. The maximum absolute atomic E-state index is 13.2. The van der Waals surface area contributed by atoms with Gasteiger partial charge in [-0.15, -0.1) is 0 Å². The molecule has 2 aromatic rings. The third-order valence-electron chi connectivity index (χ3n) is 6.74. The number of rotatable bonds is 9. The second kappa shape index (κ2) is 9.75. The Bertz CT molecular complexity index is 1100. The van der Waals surface area contributed by atoms with Crippen LogP contribution in [0, 0.1) is 0 Å². The highest BCUT2D eigenvalue weighted by atomic mass is 16.5. The molecule has 34 heavy (non-hydrogen) atoms. The predicted octanol–water partition coefficient (Wildman–Crippen LogP) is 3.14. The van der Waals surface area contributed by atoms with E-state index in [4.69, 9.17) is 9.47 Å². The summed E-state index contributed by atoms with van der Waals surface area (Å²) in [4.78, 5) is 41.8. The number of nitrogens with zero attached hydrogens (tertiary/aromatic N) is 2. The zero-order valence-electron chi connectivity index (χ0n) is 19.9. The molecule has 1 saturated heterocycles. The van der Waals surface area contributed by atoms with Gasteiger partial charge in [-0.2, -0.15) is 0 Å². The summed E-state index contributed by atoms with van der Waals surface area (Å²) in [5, 5.41) is 2.94. The summed E-state index contributed by atoms with van der Waals surface area (Å²) in [6.07, 6.45) is 2.44. The van der Waals surface area contributed by atoms with Crippen molar-refractivity contribution in [3.63, 3.8) is 0 Å². The van der Waals surface area contributed by atoms with Gasteiger partial charge in [-0.25, -0.2) is 0 Å². The van der Waals surface area contributed by atoms with Crippen LogP contribution in [0.4, 0.5) is 5.69 Å². The molecule has 0 aromatic heterocycles. The van der Waals surface area contributed by atoms with Crippen molar-refractivity contribution in [2.45, 2.75) is 44.7 Å². The molecule has 1 N–H and O–H groups in total. The Morgan fingerprint density at radius 1 is 1.12 bits per heavy atom. The van der Waals surface area contributed by atoms with Gasteiger partial charge in [-0.1, -0.05) is 18.2 Å². The van der Waals surface area contributed by atoms with Crippen molar-refractivity contribution in [1.82, 2.24) is 10.2 Å². The number of benzene rings is 2. The van der Waals surface area contributed by atoms with Crippen molar-refractivity contribution in [3.05, 3.63) is 53.6 Å². The van der Waals surface area contributed by atoms with Gasteiger partial charge in [0.15, 0.2) is 0 Å². The highest BCUT2D eigenvalue weighted by molar-refractivity contribution is 6.10. The van der Waals surface area contributed by atoms with Gasteiger partial charge in [0.1, 0.15) is 17.2 Å². The van der Waals surface area contributed by atoms with E-state index in [1.54, 1.807) is 30.1 Å². The average Bonchev–Trinajstić information content (AvgIpc) is 3.16. The monoisotopic (exact) mass is 465 g/mol. The van der Waals surface area contributed by atoms with E-state index < -0.39 is 5.66 Å². The van der Waals surface area contributed by atoms with Crippen LogP contribution in [0.2, 0.25) is 0 Å². The van der Waals surface area contributed by atoms with Crippen molar-refractivity contribution in [2.75, 3.05) is 32.2 Å². The van der Waals surface area contributed by atoms with Crippen molar-refractivity contribution >= 4 is 23.4 Å². The summed E-state index contributed by atoms with van der Waals surface area (Å²) in [6, 6.07) is 12.9. The van der Waals surface area contributed by atoms with Crippen LogP contribution in [0.5, 0.6) is 11.5 Å². The smallest absolute Gasteiger partial charge is 0.257 e. The lowest BCUT2D eigenvalue weighted by Crippen LogP contribution is -2.62. The van der Waals surface area contributed by atoms with E-state index >= 15 is 0 Å². The van der Waals surface area contributed by atoms with Crippen molar-refractivity contribution < 1.29 is 23.9 Å². The number of hydrogen-bond donors (Lipinski definition) is 1. The summed E-state index contributed by atoms with van der Waals surface area (Å²) in [5.74, 6) is 1.31. The minimum Gasteiger partial charge on any atom is -0.497 e. The second-order valence-corrected chi connectivity index (χ2v) is 8.80. The molecule has 180 valence electrons. The zero-order valence-corrected chi connectivity index (χ0v) is 19.9. The standard InChI is InChI=1S/C26H31N3O5/c1-26-14-12-24(31)29(26)21-8-5-4-7-20(21)25(32)28(26)16-6-9-23(30)27-15-13-18-10-11-19(33-2)17-22(18)34-3/h4-5,7-8,10-11,17H,6,9,12-16H2,1-3H3,(H,27,30). The Morgan fingerprint density at radius 2 is 1.91 bits per heavy atom. The van der Waals surface area contributed by atoms with Crippen LogP contribution in [-0.4, -0.2) is 55.6 Å². The van der Waals surface area contributed by atoms with Crippen molar-refractivity contribution in [1.29, 1.82) is 0 Å². The molecule has 1 atom stereocenters. The lowest BCUT2D eigenvalue weighted by atomic mass is 9.98. The maximum atomic E-state index is 13.2. The van der Waals surface area contributed by atoms with Gasteiger partial charge in [-0.05, 0) is 49.9 Å². The number of carbonyl (C=O) groups is 3. The summed E-state index contributed by atoms with van der Waals surface area (Å²) in [5.41, 5.74) is 1.51. The van der Waals surface area contributed by atoms with E-state index in [-0.39, 0.29) is 17.7 Å². The molecular weight excluding hydrogens is 434 g/mol. The first-order valence-electron chi connectivity index (χ1n) is 11.6. The molecule has 2 aromatic carbocycles. The van der Waals surface area contributed by atoms with Gasteiger partial charge in [0.25, 0.3) is 5.91 Å². The van der Waals surface area contributed by atoms with E-state index in [9.17, 15) is 14.4 Å². The molecular formula is C26H31N3O5. The average molecular weight is 466 g/mol. The van der Waals surface area contributed by atoms with E-state index in [2.05, 4.69) is 5.32 Å². The van der Waals surface area contributed by atoms with Crippen molar-refractivity contribution in [2.24, 2.45) is 0 Å². The Balaban J connectivity index is 1.32. The van der Waals surface area contributed by atoms with Gasteiger partial charge in [0, 0.05) is 32.0 Å². The molecule has 2 heterocycles. The third kappa shape index (κ3) is 4.32. The number of para-hydroxylation sites is 1. The topological polar surface area (TPSA) is 88.2 Å². The predicted molar refractivity (Wildman–Crippen MR) is 128 cm³/mol. The molecule has 0 bridgehead atoms. The molecule has 0 aliphatic carbocycles. The fourth-order valence-corrected chi connectivity index (χ4v) is 4.92. The number of fused-ring (bicyclic) bond motifs is 3. The first kappa shape index (κ1) is 23.6. The minimum atomic E-state index is -0.691. The molecule has 1 fully saturated rings. The highest BCUT2D eigenvalue weighted by Gasteiger charge is 2.52. The van der Waals surface area contributed by atoms with Gasteiger partial charge in [-0.3, -0.25) is 19.3 Å². The van der Waals surface area contributed by atoms with Crippen LogP contribution in [-0.2, 0) is 16.0 Å². The Morgan fingerprint density at radius 3 is 2.68 bits per heavy atom. The lowest BCUT2D eigenvalue weighted by Gasteiger charge is -2.48. The quantitative estimate of drug-likeness (QED) is 0.615. The van der Waals surface area contributed by atoms with E-state index in [1.807, 2.05) is 43.3 Å². The number of ether oxygens (including phenoxy) is 2. The summed E-state index contributed by atoms with van der Waals surface area (Å²) in [7, 11) is 3.21. The van der Waals surface area contributed by atoms with E-state index in [1.165, 1.54) is 0 Å². The van der Waals surface area contributed by atoms with E-state index in [0.717, 1.165) is 17.1 Å². The largest absolute Gasteiger partial charge is 0.497 e. The molecule has 2 aliphatic heterocycles. The van der Waals surface area contributed by atoms with Crippen LogP contribution in [0.15, 0.2) is 42.5 Å². The Labute approximate surface area is 199 Å². The summed E-state index contributed by atoms with van der Waals surface area (Å²) >= 11 is 0.